The number of halogens is 1. The lowest BCUT2D eigenvalue weighted by Gasteiger charge is -2.24. The maximum atomic E-state index is 13.0. The van der Waals surface area contributed by atoms with Crippen molar-refractivity contribution in [3.05, 3.63) is 47.4 Å². The second-order valence-electron chi connectivity index (χ2n) is 8.53. The first kappa shape index (κ1) is 21.2. The molecular weight excluding hydrogens is 400 g/mol. The van der Waals surface area contributed by atoms with Gasteiger partial charge >= 0.3 is 6.09 Å². The number of fused-ring (bicyclic) bond motifs is 1. The van der Waals surface area contributed by atoms with Crippen molar-refractivity contribution < 1.29 is 9.53 Å². The van der Waals surface area contributed by atoms with E-state index in [-0.39, 0.29) is 6.09 Å². The minimum atomic E-state index is -0.340. The number of unbranched alkanes of at least 4 members (excludes halogenated alkanes) is 1. The Balaban J connectivity index is 1.41. The molecule has 1 aliphatic heterocycles. The number of benzene rings is 1. The van der Waals surface area contributed by atoms with Gasteiger partial charge < -0.3 is 19.1 Å². The van der Waals surface area contributed by atoms with Gasteiger partial charge in [-0.15, -0.1) is 0 Å². The van der Waals surface area contributed by atoms with Gasteiger partial charge in [0.25, 0.3) is 0 Å². The number of nitrogens with zero attached hydrogens (tertiary/aromatic N) is 4. The number of amides is 1. The van der Waals surface area contributed by atoms with Crippen molar-refractivity contribution in [2.75, 3.05) is 26.2 Å². The Morgan fingerprint density at radius 2 is 2.10 bits per heavy atom. The van der Waals surface area contributed by atoms with Crippen molar-refractivity contribution in [1.82, 2.24) is 19.4 Å². The number of carbonyl (C=O) groups is 1. The van der Waals surface area contributed by atoms with Gasteiger partial charge in [-0.3, -0.25) is 0 Å². The topological polar surface area (TPSA) is 50.6 Å². The van der Waals surface area contributed by atoms with Crippen LogP contribution >= 0.6 is 11.6 Å². The third-order valence-electron chi connectivity index (χ3n) is 6.42. The van der Waals surface area contributed by atoms with E-state index >= 15 is 0 Å². The average Bonchev–Trinajstić information content (AvgIpc) is 3.09. The molecule has 0 spiro atoms. The van der Waals surface area contributed by atoms with Crippen LogP contribution < -0.4 is 4.74 Å². The fourth-order valence-electron chi connectivity index (χ4n) is 4.59. The van der Waals surface area contributed by atoms with Crippen LogP contribution in [0.4, 0.5) is 4.79 Å². The Hall–Kier alpha value is -2.05. The maximum Gasteiger partial charge on any atom is 0.416 e. The van der Waals surface area contributed by atoms with Gasteiger partial charge in [-0.05, 0) is 48.4 Å². The molecule has 1 aliphatic carbocycles. The van der Waals surface area contributed by atoms with Gasteiger partial charge in [0.2, 0.25) is 5.88 Å². The first-order valence-corrected chi connectivity index (χ1v) is 11.4. The van der Waals surface area contributed by atoms with Crippen molar-refractivity contribution >= 4 is 17.7 Å². The Kier molecular flexibility index (Phi) is 6.64. The van der Waals surface area contributed by atoms with Crippen LogP contribution in [0.2, 0.25) is 5.02 Å². The van der Waals surface area contributed by atoms with Gasteiger partial charge in [0.05, 0.1) is 12.5 Å². The summed E-state index contributed by atoms with van der Waals surface area (Å²) in [6.07, 6.45) is 5.37. The summed E-state index contributed by atoms with van der Waals surface area (Å²) in [5.41, 5.74) is 1.01. The molecule has 4 rings (SSSR count). The third-order valence-corrected chi connectivity index (χ3v) is 6.65. The molecule has 1 amide bonds. The van der Waals surface area contributed by atoms with Gasteiger partial charge in [-0.25, -0.2) is 9.78 Å². The molecule has 1 aromatic heterocycles. The number of ether oxygens (including phenoxy) is 1. The van der Waals surface area contributed by atoms with Gasteiger partial charge in [0, 0.05) is 37.7 Å². The summed E-state index contributed by atoms with van der Waals surface area (Å²) in [6.45, 7) is 9.85. The van der Waals surface area contributed by atoms with E-state index in [9.17, 15) is 4.79 Å². The minimum absolute atomic E-state index is 0.340. The number of piperidine rings is 1. The van der Waals surface area contributed by atoms with E-state index in [2.05, 4.69) is 23.7 Å². The van der Waals surface area contributed by atoms with Gasteiger partial charge in [-0.2, -0.15) is 0 Å². The first-order valence-electron chi connectivity index (χ1n) is 11.0. The number of hydrogen-bond donors (Lipinski definition) is 0. The smallest absolute Gasteiger partial charge is 0.389 e. The molecule has 0 N–H and O–H groups in total. The van der Waals surface area contributed by atoms with Gasteiger partial charge in [-0.1, -0.05) is 44.0 Å². The summed E-state index contributed by atoms with van der Waals surface area (Å²) in [7, 11) is 0. The van der Waals surface area contributed by atoms with E-state index in [1.54, 1.807) is 12.5 Å². The molecule has 0 radical (unpaired) electrons. The highest BCUT2D eigenvalue weighted by atomic mass is 35.5. The molecule has 1 saturated heterocycles. The number of hydrogen-bond acceptors (Lipinski definition) is 4. The lowest BCUT2D eigenvalue weighted by Crippen LogP contribution is -2.36. The molecule has 6 nitrogen and oxygen atoms in total. The predicted molar refractivity (Wildman–Crippen MR) is 118 cm³/mol. The summed E-state index contributed by atoms with van der Waals surface area (Å²) < 4.78 is 7.61. The highest BCUT2D eigenvalue weighted by molar-refractivity contribution is 6.30. The van der Waals surface area contributed by atoms with Crippen molar-refractivity contribution in [2.24, 2.45) is 17.8 Å². The van der Waals surface area contributed by atoms with Crippen LogP contribution in [-0.2, 0) is 13.1 Å². The van der Waals surface area contributed by atoms with Crippen LogP contribution in [0.15, 0.2) is 36.8 Å². The molecular formula is C23H31ClN4O2. The van der Waals surface area contributed by atoms with Crippen LogP contribution in [0.25, 0.3) is 0 Å². The molecule has 2 unspecified atom stereocenters. The summed E-state index contributed by atoms with van der Waals surface area (Å²) in [6, 6.07) is 7.68. The predicted octanol–water partition coefficient (Wildman–Crippen LogP) is 4.54. The number of aromatic nitrogens is 2. The Labute approximate surface area is 183 Å². The fourth-order valence-corrected chi connectivity index (χ4v) is 4.80. The zero-order valence-electron chi connectivity index (χ0n) is 17.8. The van der Waals surface area contributed by atoms with Crippen LogP contribution in [0.3, 0.4) is 0 Å². The molecule has 30 heavy (non-hydrogen) atoms. The standard InChI is InChI=1S/C23H31ClN4O2/c1-3-5-9-27-15-22(25-16-27)30-23(29)28(11-17-7-6-8-18(24)10-17)14-21-19-12-26(4-2)13-20(19)21/h6-8,10,15-16,19-21H,3-5,9,11-14H2,1-2H3. The Morgan fingerprint density at radius 3 is 2.80 bits per heavy atom. The van der Waals surface area contributed by atoms with E-state index in [4.69, 9.17) is 16.3 Å². The fraction of sp³-hybridized carbons (Fsp3) is 0.565. The Bertz CT molecular complexity index is 858. The van der Waals surface area contributed by atoms with Crippen LogP contribution in [-0.4, -0.2) is 51.6 Å². The molecule has 1 saturated carbocycles. The SMILES string of the molecule is CCCCn1cnc(OC(=O)N(Cc2cccc(Cl)c2)CC2C3CN(CC)CC32)c1. The zero-order valence-corrected chi connectivity index (χ0v) is 18.6. The summed E-state index contributed by atoms with van der Waals surface area (Å²) in [5, 5.41) is 0.678. The Morgan fingerprint density at radius 1 is 1.30 bits per heavy atom. The summed E-state index contributed by atoms with van der Waals surface area (Å²) >= 11 is 6.16. The summed E-state index contributed by atoms with van der Waals surface area (Å²) in [4.78, 5) is 21.6. The first-order chi connectivity index (χ1) is 14.6. The number of likely N-dealkylation sites (tertiary alicyclic amines) is 1. The van der Waals surface area contributed by atoms with Crippen molar-refractivity contribution in [2.45, 2.75) is 39.8 Å². The zero-order chi connectivity index (χ0) is 21.1. The highest BCUT2D eigenvalue weighted by Crippen LogP contribution is 2.52. The third kappa shape index (κ3) is 4.98. The largest absolute Gasteiger partial charge is 0.416 e. The van der Waals surface area contributed by atoms with E-state index in [1.165, 1.54) is 0 Å². The monoisotopic (exact) mass is 430 g/mol. The minimum Gasteiger partial charge on any atom is -0.389 e. The van der Waals surface area contributed by atoms with Crippen molar-refractivity contribution in [3.63, 3.8) is 0 Å². The number of rotatable bonds is 9. The quantitative estimate of drug-likeness (QED) is 0.586. The molecule has 7 heteroatoms. The second kappa shape index (κ2) is 9.40. The maximum absolute atomic E-state index is 13.0. The van der Waals surface area contributed by atoms with Crippen LogP contribution in [0.1, 0.15) is 32.3 Å². The van der Waals surface area contributed by atoms with Crippen molar-refractivity contribution in [3.8, 4) is 5.88 Å². The number of carbonyl (C=O) groups excluding carboxylic acids is 1. The van der Waals surface area contributed by atoms with Crippen molar-refractivity contribution in [1.29, 1.82) is 0 Å². The van der Waals surface area contributed by atoms with E-state index in [0.717, 1.165) is 51.1 Å². The molecule has 2 fully saturated rings. The van der Waals surface area contributed by atoms with Crippen LogP contribution in [0, 0.1) is 17.8 Å². The van der Waals surface area contributed by atoms with E-state index < -0.39 is 0 Å². The molecule has 0 bridgehead atoms. The van der Waals surface area contributed by atoms with Gasteiger partial charge in [0.1, 0.15) is 0 Å². The summed E-state index contributed by atoms with van der Waals surface area (Å²) in [5.74, 6) is 2.32. The highest BCUT2D eigenvalue weighted by Gasteiger charge is 2.55. The molecule has 2 aromatic rings. The number of aryl methyl sites for hydroxylation is 1. The van der Waals surface area contributed by atoms with Crippen LogP contribution in [0.5, 0.6) is 5.88 Å². The lowest BCUT2D eigenvalue weighted by molar-refractivity contribution is 0.141. The normalized spacial score (nSPS) is 22.7. The number of imidazole rings is 1. The second-order valence-corrected chi connectivity index (χ2v) is 8.96. The lowest BCUT2D eigenvalue weighted by atomic mass is 10.2. The molecule has 1 aromatic carbocycles. The average molecular weight is 431 g/mol. The molecule has 2 atom stereocenters. The van der Waals surface area contributed by atoms with E-state index in [0.29, 0.717) is 35.2 Å². The molecule has 2 aliphatic rings. The molecule has 2 heterocycles. The van der Waals surface area contributed by atoms with Gasteiger partial charge in [0.15, 0.2) is 0 Å². The van der Waals surface area contributed by atoms with E-state index in [1.807, 2.05) is 33.7 Å². The molecule has 162 valence electrons.